The molecule has 0 atom stereocenters. The topological polar surface area (TPSA) is 76.7 Å². The molecule has 38 heavy (non-hydrogen) atoms. The molecule has 0 saturated carbocycles. The van der Waals surface area contributed by atoms with E-state index in [0.717, 1.165) is 0 Å². The molecule has 1 aliphatic carbocycles. The van der Waals surface area contributed by atoms with Gasteiger partial charge in [-0.1, -0.05) is 60.7 Å². The van der Waals surface area contributed by atoms with Crippen LogP contribution in [0.4, 0.5) is 11.4 Å². The van der Waals surface area contributed by atoms with Gasteiger partial charge in [0.05, 0.1) is 22.5 Å². The summed E-state index contributed by atoms with van der Waals surface area (Å²) in [5.41, 5.74) is 2.14. The van der Waals surface area contributed by atoms with Gasteiger partial charge < -0.3 is 20.1 Å². The molecule has 1 aliphatic rings. The van der Waals surface area contributed by atoms with Gasteiger partial charge in [-0.2, -0.15) is 0 Å². The molecule has 4 aromatic carbocycles. The molecule has 0 aromatic heterocycles. The van der Waals surface area contributed by atoms with Crippen LogP contribution in [0.1, 0.15) is 59.5 Å². The van der Waals surface area contributed by atoms with Crippen LogP contribution >= 0.6 is 0 Å². The molecule has 0 amide bonds. The van der Waals surface area contributed by atoms with Crippen LogP contribution in [0.15, 0.2) is 84.9 Å². The second kappa shape index (κ2) is 10.4. The lowest BCUT2D eigenvalue weighted by Crippen LogP contribution is -2.27. The summed E-state index contributed by atoms with van der Waals surface area (Å²) >= 11 is 0. The van der Waals surface area contributed by atoms with E-state index in [4.69, 9.17) is 9.47 Å². The van der Waals surface area contributed by atoms with E-state index in [1.54, 1.807) is 24.3 Å². The predicted octanol–water partition coefficient (Wildman–Crippen LogP) is 7.69. The number of anilines is 2. The van der Waals surface area contributed by atoms with Crippen LogP contribution in [-0.4, -0.2) is 23.7 Å². The van der Waals surface area contributed by atoms with Crippen molar-refractivity contribution >= 4 is 22.9 Å². The molecule has 0 aliphatic heterocycles. The second-order valence-electron chi connectivity index (χ2n) is 9.79. The fourth-order valence-electron chi connectivity index (χ4n) is 4.57. The van der Waals surface area contributed by atoms with E-state index in [2.05, 4.69) is 10.6 Å². The number of ketones is 2. The molecule has 0 bridgehead atoms. The van der Waals surface area contributed by atoms with Gasteiger partial charge in [-0.15, -0.1) is 0 Å². The molecule has 0 unspecified atom stereocenters. The van der Waals surface area contributed by atoms with Gasteiger partial charge in [0.1, 0.15) is 11.5 Å². The molecule has 0 radical (unpaired) electrons. The quantitative estimate of drug-likeness (QED) is 0.225. The highest BCUT2D eigenvalue weighted by atomic mass is 16.5. The number of carbonyl (C=O) groups is 2. The molecule has 0 spiro atoms. The van der Waals surface area contributed by atoms with Crippen molar-refractivity contribution in [2.24, 2.45) is 0 Å². The second-order valence-corrected chi connectivity index (χ2v) is 9.79. The van der Waals surface area contributed by atoms with Crippen LogP contribution in [0.2, 0.25) is 0 Å². The predicted molar refractivity (Wildman–Crippen MR) is 150 cm³/mol. The maximum Gasteiger partial charge on any atom is 0.196 e. The molecule has 192 valence electrons. The Hall–Kier alpha value is -4.58. The highest BCUT2D eigenvalue weighted by molar-refractivity contribution is 6.33. The summed E-state index contributed by atoms with van der Waals surface area (Å²) in [6.45, 7) is 7.89. The summed E-state index contributed by atoms with van der Waals surface area (Å²) in [4.78, 5) is 28.1. The Morgan fingerprint density at radius 2 is 0.868 bits per heavy atom. The van der Waals surface area contributed by atoms with Crippen molar-refractivity contribution in [3.63, 3.8) is 0 Å². The van der Waals surface area contributed by atoms with Gasteiger partial charge in [0.15, 0.2) is 23.1 Å². The van der Waals surface area contributed by atoms with Crippen LogP contribution in [0.25, 0.3) is 0 Å². The van der Waals surface area contributed by atoms with Crippen molar-refractivity contribution in [2.75, 3.05) is 10.6 Å². The van der Waals surface area contributed by atoms with Crippen LogP contribution in [0.3, 0.4) is 0 Å². The molecule has 4 aromatic rings. The molecule has 6 heteroatoms. The molecule has 6 nitrogen and oxygen atoms in total. The monoisotopic (exact) mass is 506 g/mol. The third kappa shape index (κ3) is 4.73. The number of hydrogen-bond donors (Lipinski definition) is 2. The molecular formula is C32H30N2O4. The largest absolute Gasteiger partial charge is 0.451 e. The first kappa shape index (κ1) is 25.1. The number of fused-ring (bicyclic) bond motifs is 2. The maximum absolute atomic E-state index is 14.1. The first-order chi connectivity index (χ1) is 18.3. The molecular weight excluding hydrogens is 476 g/mol. The van der Waals surface area contributed by atoms with Crippen molar-refractivity contribution in [2.45, 2.75) is 39.8 Å². The Kier molecular flexibility index (Phi) is 6.88. The zero-order valence-electron chi connectivity index (χ0n) is 21.9. The summed E-state index contributed by atoms with van der Waals surface area (Å²) in [5.74, 6) is 1.32. The number of carbonyl (C=O) groups excluding carboxylic acids is 2. The molecule has 2 N–H and O–H groups in total. The number of rotatable bonds is 8. The van der Waals surface area contributed by atoms with E-state index in [-0.39, 0.29) is 34.8 Å². The van der Waals surface area contributed by atoms with Gasteiger partial charge in [0.2, 0.25) is 0 Å². The highest BCUT2D eigenvalue weighted by Crippen LogP contribution is 2.53. The fourth-order valence-corrected chi connectivity index (χ4v) is 4.57. The van der Waals surface area contributed by atoms with Crippen LogP contribution < -0.4 is 20.1 Å². The fraction of sp³-hybridized carbons (Fsp3) is 0.188. The van der Waals surface area contributed by atoms with E-state index in [1.165, 1.54) is 0 Å². The summed E-state index contributed by atoms with van der Waals surface area (Å²) in [6, 6.07) is 25.4. The number of benzene rings is 4. The number of nitrogens with one attached hydrogen (secondary N) is 2. The average Bonchev–Trinajstić information content (AvgIpc) is 2.91. The van der Waals surface area contributed by atoms with Gasteiger partial charge in [0, 0.05) is 23.2 Å². The van der Waals surface area contributed by atoms with E-state index >= 15 is 0 Å². The van der Waals surface area contributed by atoms with Crippen molar-refractivity contribution in [3.8, 4) is 23.0 Å². The van der Waals surface area contributed by atoms with Crippen molar-refractivity contribution < 1.29 is 19.1 Å². The lowest BCUT2D eigenvalue weighted by molar-refractivity contribution is 0.0979. The van der Waals surface area contributed by atoms with E-state index in [0.29, 0.717) is 45.5 Å². The molecule has 0 fully saturated rings. The van der Waals surface area contributed by atoms with Crippen molar-refractivity contribution in [3.05, 3.63) is 107 Å². The summed E-state index contributed by atoms with van der Waals surface area (Å²) in [5, 5.41) is 6.81. The van der Waals surface area contributed by atoms with Crippen LogP contribution in [-0.2, 0) is 0 Å². The Labute approximate surface area is 222 Å². The van der Waals surface area contributed by atoms with Gasteiger partial charge in [-0.25, -0.2) is 0 Å². The summed E-state index contributed by atoms with van der Waals surface area (Å²) in [7, 11) is 0. The lowest BCUT2D eigenvalue weighted by Gasteiger charge is -2.30. The third-order valence-electron chi connectivity index (χ3n) is 6.07. The van der Waals surface area contributed by atoms with E-state index in [9.17, 15) is 9.59 Å². The van der Waals surface area contributed by atoms with Crippen LogP contribution in [0.5, 0.6) is 23.0 Å². The first-order valence-electron chi connectivity index (χ1n) is 12.8. The normalized spacial score (nSPS) is 12.3. The van der Waals surface area contributed by atoms with Crippen molar-refractivity contribution in [1.29, 1.82) is 0 Å². The number of ether oxygens (including phenoxy) is 2. The Morgan fingerprint density at radius 1 is 0.526 bits per heavy atom. The first-order valence-corrected chi connectivity index (χ1v) is 12.8. The standard InChI is InChI=1S/C32H30N2O4/c1-19(2)33-27-25-26(30(36)24-18-12-11-17-23(24)29(25)35)28(34-20(3)4)32(38-22-15-9-6-10-16-22)31(27)37-21-13-7-5-8-14-21/h5-20,33-34H,1-4H3. The number of para-hydroxylation sites is 2. The Balaban J connectivity index is 1.88. The zero-order valence-corrected chi connectivity index (χ0v) is 21.9. The third-order valence-corrected chi connectivity index (χ3v) is 6.07. The maximum atomic E-state index is 14.1. The van der Waals surface area contributed by atoms with Gasteiger partial charge in [-0.3, -0.25) is 9.59 Å². The van der Waals surface area contributed by atoms with Crippen molar-refractivity contribution in [1.82, 2.24) is 0 Å². The minimum atomic E-state index is -0.241. The number of hydrogen-bond acceptors (Lipinski definition) is 6. The van der Waals surface area contributed by atoms with Gasteiger partial charge in [0.25, 0.3) is 0 Å². The minimum Gasteiger partial charge on any atom is -0.451 e. The summed E-state index contributed by atoms with van der Waals surface area (Å²) in [6.07, 6.45) is 0. The summed E-state index contributed by atoms with van der Waals surface area (Å²) < 4.78 is 13.0. The van der Waals surface area contributed by atoms with Crippen LogP contribution in [0, 0.1) is 0 Å². The lowest BCUT2D eigenvalue weighted by atomic mass is 9.81. The van der Waals surface area contributed by atoms with E-state index < -0.39 is 0 Å². The zero-order chi connectivity index (χ0) is 26.8. The Morgan fingerprint density at radius 3 is 1.21 bits per heavy atom. The van der Waals surface area contributed by atoms with E-state index in [1.807, 2.05) is 88.4 Å². The minimum absolute atomic E-state index is 0.0641. The van der Waals surface area contributed by atoms with Gasteiger partial charge in [-0.05, 0) is 52.0 Å². The molecule has 0 heterocycles. The molecule has 0 saturated heterocycles. The van der Waals surface area contributed by atoms with Gasteiger partial charge >= 0.3 is 0 Å². The SMILES string of the molecule is CC(C)Nc1c(Oc2ccccc2)c(Oc2ccccc2)c(NC(C)C)c2c1C(=O)c1ccccc1C2=O. The molecule has 5 rings (SSSR count). The Bertz CT molecular complexity index is 1380. The highest BCUT2D eigenvalue weighted by Gasteiger charge is 2.39. The smallest absolute Gasteiger partial charge is 0.196 e. The average molecular weight is 507 g/mol.